The second-order valence-electron chi connectivity index (χ2n) is 8.88. The molecule has 30 heavy (non-hydrogen) atoms. The van der Waals surface area contributed by atoms with Crippen LogP contribution in [0, 0.1) is 29.6 Å². The Hall–Kier alpha value is -2.61. The van der Waals surface area contributed by atoms with E-state index in [-0.39, 0.29) is 47.5 Å². The van der Waals surface area contributed by atoms with Crippen molar-refractivity contribution < 1.29 is 23.9 Å². The Morgan fingerprint density at radius 1 is 1.10 bits per heavy atom. The zero-order valence-electron chi connectivity index (χ0n) is 17.7. The number of rotatable bonds is 6. The van der Waals surface area contributed by atoms with E-state index in [2.05, 4.69) is 5.16 Å². The van der Waals surface area contributed by atoms with Crippen LogP contribution in [-0.2, 0) is 14.4 Å². The number of fused-ring (bicyclic) bond motifs is 8. The molecule has 0 spiro atoms. The van der Waals surface area contributed by atoms with Crippen LogP contribution in [0.3, 0.4) is 0 Å². The van der Waals surface area contributed by atoms with Gasteiger partial charge in [-0.25, -0.2) is 0 Å². The van der Waals surface area contributed by atoms with Crippen LogP contribution in [0.1, 0.15) is 12.0 Å². The zero-order valence-corrected chi connectivity index (χ0v) is 17.7. The van der Waals surface area contributed by atoms with Crippen molar-refractivity contribution in [1.82, 2.24) is 9.80 Å². The van der Waals surface area contributed by atoms with Gasteiger partial charge in [0.15, 0.2) is 0 Å². The fourth-order valence-corrected chi connectivity index (χ4v) is 5.94. The summed E-state index contributed by atoms with van der Waals surface area (Å²) in [7, 11) is 7.11. The van der Waals surface area contributed by atoms with Crippen molar-refractivity contribution in [3.8, 4) is 11.5 Å². The van der Waals surface area contributed by atoms with Crippen LogP contribution >= 0.6 is 0 Å². The van der Waals surface area contributed by atoms with Gasteiger partial charge < -0.3 is 19.2 Å². The third-order valence-electron chi connectivity index (χ3n) is 7.24. The first-order valence-electron chi connectivity index (χ1n) is 10.4. The Balaban J connectivity index is 1.44. The quantitative estimate of drug-likeness (QED) is 0.653. The van der Waals surface area contributed by atoms with Gasteiger partial charge in [0.1, 0.15) is 17.6 Å². The summed E-state index contributed by atoms with van der Waals surface area (Å²) in [4.78, 5) is 35.6. The molecule has 5 rings (SSSR count). The molecule has 0 unspecified atom stereocenters. The molecule has 2 aliphatic heterocycles. The molecule has 1 saturated heterocycles. The lowest BCUT2D eigenvalue weighted by Gasteiger charge is -2.30. The third kappa shape index (κ3) is 2.59. The molecule has 0 radical (unpaired) electrons. The average Bonchev–Trinajstić information content (AvgIpc) is 3.47. The number of benzene rings is 1. The Kier molecular flexibility index (Phi) is 4.50. The second-order valence-corrected chi connectivity index (χ2v) is 8.88. The van der Waals surface area contributed by atoms with Crippen molar-refractivity contribution in [3.05, 3.63) is 23.8 Å². The highest BCUT2D eigenvalue weighted by molar-refractivity contribution is 6.09. The van der Waals surface area contributed by atoms with Gasteiger partial charge in [0, 0.05) is 36.6 Å². The molecule has 4 aliphatic rings. The number of oxime groups is 1. The summed E-state index contributed by atoms with van der Waals surface area (Å²) in [5.41, 5.74) is 1.67. The van der Waals surface area contributed by atoms with Gasteiger partial charge in [-0.3, -0.25) is 14.5 Å². The fraction of sp³-hybridized carbons (Fsp3) is 0.591. The predicted octanol–water partition coefficient (Wildman–Crippen LogP) is 1.24. The SMILES string of the molecule is COc1ccc(C2=NO[C@@H]3[C@@H]4C[C@@H]([C@H]5C(=O)N(CCN(C)C)C(=O)[C@@H]45)[C@H]23)c(OC)c1. The molecule has 8 nitrogen and oxygen atoms in total. The molecule has 6 atom stereocenters. The van der Waals surface area contributed by atoms with E-state index in [1.807, 2.05) is 37.2 Å². The molecular weight excluding hydrogens is 386 g/mol. The number of carbonyl (C=O) groups excluding carboxylic acids is 2. The highest BCUT2D eigenvalue weighted by Crippen LogP contribution is 2.61. The van der Waals surface area contributed by atoms with Crippen molar-refractivity contribution in [2.24, 2.45) is 34.7 Å². The lowest BCUT2D eigenvalue weighted by Crippen LogP contribution is -2.41. The topological polar surface area (TPSA) is 80.7 Å². The minimum Gasteiger partial charge on any atom is -0.497 e. The van der Waals surface area contributed by atoms with Crippen LogP contribution in [0.25, 0.3) is 0 Å². The monoisotopic (exact) mass is 413 g/mol. The molecule has 1 aromatic carbocycles. The molecule has 8 heteroatoms. The number of carbonyl (C=O) groups is 2. The summed E-state index contributed by atoms with van der Waals surface area (Å²) >= 11 is 0. The van der Waals surface area contributed by atoms with Crippen molar-refractivity contribution in [2.45, 2.75) is 12.5 Å². The number of nitrogens with zero attached hydrogens (tertiary/aromatic N) is 3. The Bertz CT molecular complexity index is 929. The van der Waals surface area contributed by atoms with Gasteiger partial charge in [-0.2, -0.15) is 0 Å². The van der Waals surface area contributed by atoms with Crippen LogP contribution in [0.2, 0.25) is 0 Å². The van der Waals surface area contributed by atoms with Gasteiger partial charge in [-0.15, -0.1) is 0 Å². The van der Waals surface area contributed by atoms with Crippen LogP contribution in [-0.4, -0.2) is 74.8 Å². The maximum atomic E-state index is 13.2. The van der Waals surface area contributed by atoms with Crippen LogP contribution in [0.4, 0.5) is 0 Å². The van der Waals surface area contributed by atoms with E-state index in [1.54, 1.807) is 14.2 Å². The number of amides is 2. The molecule has 2 saturated carbocycles. The molecule has 160 valence electrons. The van der Waals surface area contributed by atoms with E-state index >= 15 is 0 Å². The number of methoxy groups -OCH3 is 2. The standard InChI is InChI=1S/C22H27N3O5/c1-24(2)7-8-25-21(26)16-13-10-14(17(16)22(25)27)20-18(13)19(23-30-20)12-6-5-11(28-3)9-15(12)29-4/h5-6,9,13-14,16-18,20H,7-8,10H2,1-4H3/t13-,14+,16+,17-,18+,20+/m0/s1. The molecule has 0 N–H and O–H groups in total. The van der Waals surface area contributed by atoms with Crippen molar-refractivity contribution >= 4 is 17.5 Å². The van der Waals surface area contributed by atoms with Crippen molar-refractivity contribution in [1.29, 1.82) is 0 Å². The number of likely N-dealkylation sites (N-methyl/N-ethyl adjacent to an activating group) is 1. The normalized spacial score (nSPS) is 33.6. The lowest BCUT2D eigenvalue weighted by molar-refractivity contribution is -0.141. The number of likely N-dealkylation sites (tertiary alicyclic amines) is 1. The van der Waals surface area contributed by atoms with Crippen molar-refractivity contribution in [2.75, 3.05) is 41.4 Å². The van der Waals surface area contributed by atoms with E-state index in [9.17, 15) is 9.59 Å². The van der Waals surface area contributed by atoms with Crippen LogP contribution in [0.15, 0.2) is 23.4 Å². The zero-order chi connectivity index (χ0) is 21.2. The van der Waals surface area contributed by atoms with Crippen molar-refractivity contribution in [3.63, 3.8) is 0 Å². The number of ether oxygens (including phenoxy) is 2. The van der Waals surface area contributed by atoms with E-state index in [0.717, 1.165) is 17.7 Å². The summed E-state index contributed by atoms with van der Waals surface area (Å²) in [6.45, 7) is 1.12. The molecule has 0 aromatic heterocycles. The Labute approximate surface area is 175 Å². The molecule has 2 amide bonds. The first-order chi connectivity index (χ1) is 14.5. The molecule has 2 bridgehead atoms. The minimum atomic E-state index is -0.266. The fourth-order valence-electron chi connectivity index (χ4n) is 5.94. The predicted molar refractivity (Wildman–Crippen MR) is 108 cm³/mol. The lowest BCUT2D eigenvalue weighted by atomic mass is 9.71. The summed E-state index contributed by atoms with van der Waals surface area (Å²) in [5, 5.41) is 4.40. The molecule has 1 aromatic rings. The van der Waals surface area contributed by atoms with Gasteiger partial charge in [-0.1, -0.05) is 5.16 Å². The molecule has 2 heterocycles. The highest BCUT2D eigenvalue weighted by Gasteiger charge is 2.70. The summed E-state index contributed by atoms with van der Waals surface area (Å²) in [6.07, 6.45) is 0.685. The number of hydrogen-bond donors (Lipinski definition) is 0. The first-order valence-corrected chi connectivity index (χ1v) is 10.4. The van der Waals surface area contributed by atoms with Crippen LogP contribution in [0.5, 0.6) is 11.5 Å². The largest absolute Gasteiger partial charge is 0.497 e. The average molecular weight is 413 g/mol. The maximum absolute atomic E-state index is 13.2. The highest BCUT2D eigenvalue weighted by atomic mass is 16.6. The molecule has 2 aliphatic carbocycles. The van der Waals surface area contributed by atoms with E-state index in [0.29, 0.717) is 24.6 Å². The Morgan fingerprint density at radius 3 is 2.50 bits per heavy atom. The smallest absolute Gasteiger partial charge is 0.233 e. The minimum absolute atomic E-state index is 0.00379. The van der Waals surface area contributed by atoms with Gasteiger partial charge >= 0.3 is 0 Å². The van der Waals surface area contributed by atoms with E-state index in [4.69, 9.17) is 14.3 Å². The molecule has 3 fully saturated rings. The summed E-state index contributed by atoms with van der Waals surface area (Å²) in [6, 6.07) is 5.63. The van der Waals surface area contributed by atoms with E-state index < -0.39 is 0 Å². The number of imide groups is 1. The van der Waals surface area contributed by atoms with Gasteiger partial charge in [0.25, 0.3) is 0 Å². The second kappa shape index (κ2) is 6.97. The summed E-state index contributed by atoms with van der Waals surface area (Å²) in [5.74, 6) is 0.896. The van der Waals surface area contributed by atoms with Gasteiger partial charge in [0.05, 0.1) is 31.8 Å². The van der Waals surface area contributed by atoms with E-state index in [1.165, 1.54) is 4.90 Å². The molecular formula is C22H27N3O5. The van der Waals surface area contributed by atoms with Crippen LogP contribution < -0.4 is 9.47 Å². The third-order valence-corrected chi connectivity index (χ3v) is 7.24. The number of hydrogen-bond acceptors (Lipinski definition) is 7. The van der Waals surface area contributed by atoms with Gasteiger partial charge in [-0.05, 0) is 38.6 Å². The maximum Gasteiger partial charge on any atom is 0.233 e. The summed E-state index contributed by atoms with van der Waals surface area (Å²) < 4.78 is 10.9. The van der Waals surface area contributed by atoms with Gasteiger partial charge in [0.2, 0.25) is 11.8 Å². The Morgan fingerprint density at radius 2 is 1.83 bits per heavy atom. The first kappa shape index (κ1) is 19.4.